The Kier molecular flexibility index (Phi) is 6.97. The number of hydrogen-bond acceptors (Lipinski definition) is 3. The van der Waals surface area contributed by atoms with Crippen LogP contribution in [-0.4, -0.2) is 42.5 Å². The summed E-state index contributed by atoms with van der Waals surface area (Å²) in [5.74, 6) is 2.07. The Hall–Kier alpha value is -2.04. The van der Waals surface area contributed by atoms with E-state index in [4.69, 9.17) is 4.74 Å². The van der Waals surface area contributed by atoms with Crippen LogP contribution in [0, 0.1) is 17.8 Å². The van der Waals surface area contributed by atoms with Crippen molar-refractivity contribution in [3.05, 3.63) is 29.8 Å². The molecule has 1 aliphatic carbocycles. The number of rotatable bonds is 6. The lowest BCUT2D eigenvalue weighted by atomic mass is 9.75. The maximum absolute atomic E-state index is 13.2. The second-order valence-electron chi connectivity index (χ2n) is 8.53. The first-order valence-electron chi connectivity index (χ1n) is 10.8. The fourth-order valence-electron chi connectivity index (χ4n) is 4.61. The molecule has 5 nitrogen and oxygen atoms in total. The van der Waals surface area contributed by atoms with E-state index in [-0.39, 0.29) is 17.7 Å². The van der Waals surface area contributed by atoms with Crippen LogP contribution in [0.3, 0.4) is 0 Å². The molecular formula is C23H34N2O3. The van der Waals surface area contributed by atoms with E-state index in [0.717, 1.165) is 31.2 Å². The topological polar surface area (TPSA) is 58.6 Å². The van der Waals surface area contributed by atoms with Gasteiger partial charge in [0, 0.05) is 18.7 Å². The van der Waals surface area contributed by atoms with E-state index in [9.17, 15) is 9.59 Å². The van der Waals surface area contributed by atoms with Crippen molar-refractivity contribution in [3.8, 4) is 5.75 Å². The fourth-order valence-corrected chi connectivity index (χ4v) is 4.61. The van der Waals surface area contributed by atoms with E-state index in [0.29, 0.717) is 18.1 Å². The number of carbonyl (C=O) groups excluding carboxylic acids is 2. The molecule has 3 atom stereocenters. The first-order valence-corrected chi connectivity index (χ1v) is 10.8. The normalized spacial score (nSPS) is 23.1. The summed E-state index contributed by atoms with van der Waals surface area (Å²) in [4.78, 5) is 27.9. The number of carbonyl (C=O) groups is 2. The second kappa shape index (κ2) is 9.44. The van der Waals surface area contributed by atoms with Gasteiger partial charge in [-0.15, -0.1) is 0 Å². The molecule has 1 aromatic carbocycles. The Labute approximate surface area is 168 Å². The number of ether oxygens (including phenoxy) is 1. The molecule has 0 bridgehead atoms. The van der Waals surface area contributed by atoms with Crippen molar-refractivity contribution in [3.63, 3.8) is 0 Å². The minimum atomic E-state index is -0.487. The van der Waals surface area contributed by atoms with Crippen LogP contribution in [0.5, 0.6) is 5.75 Å². The van der Waals surface area contributed by atoms with E-state index in [1.807, 2.05) is 25.7 Å². The summed E-state index contributed by atoms with van der Waals surface area (Å²) in [5, 5.41) is 2.98. The maximum atomic E-state index is 13.2. The van der Waals surface area contributed by atoms with E-state index >= 15 is 0 Å². The Balaban J connectivity index is 1.63. The van der Waals surface area contributed by atoms with Crippen LogP contribution < -0.4 is 10.1 Å². The lowest BCUT2D eigenvalue weighted by molar-refractivity contribution is -0.137. The molecule has 1 heterocycles. The van der Waals surface area contributed by atoms with Gasteiger partial charge in [-0.3, -0.25) is 9.59 Å². The number of nitrogens with zero attached hydrogens (tertiary/aromatic N) is 1. The average Bonchev–Trinajstić information content (AvgIpc) is 2.71. The molecule has 2 fully saturated rings. The summed E-state index contributed by atoms with van der Waals surface area (Å²) in [5.41, 5.74) is 0.549. The van der Waals surface area contributed by atoms with Gasteiger partial charge in [0.05, 0.1) is 6.61 Å². The van der Waals surface area contributed by atoms with Crippen LogP contribution in [0.2, 0.25) is 0 Å². The van der Waals surface area contributed by atoms with E-state index in [1.54, 1.807) is 24.3 Å². The molecule has 0 spiro atoms. The molecule has 0 unspecified atom stereocenters. The lowest BCUT2D eigenvalue weighted by Crippen LogP contribution is -2.54. The SMILES string of the molecule is CCOc1ccc(C(=O)N[C@H](C(=O)N2CC[C@H]3CCCC[C@@H]3C2)C(C)C)cc1. The summed E-state index contributed by atoms with van der Waals surface area (Å²) in [6, 6.07) is 6.58. The highest BCUT2D eigenvalue weighted by molar-refractivity contribution is 5.97. The average molecular weight is 387 g/mol. The van der Waals surface area contributed by atoms with Gasteiger partial charge >= 0.3 is 0 Å². The van der Waals surface area contributed by atoms with Crippen molar-refractivity contribution in [1.82, 2.24) is 10.2 Å². The van der Waals surface area contributed by atoms with E-state index in [2.05, 4.69) is 5.32 Å². The monoisotopic (exact) mass is 386 g/mol. The molecule has 1 saturated carbocycles. The molecule has 5 heteroatoms. The van der Waals surface area contributed by atoms with Crippen molar-refractivity contribution in [2.24, 2.45) is 17.8 Å². The molecule has 1 aromatic rings. The minimum Gasteiger partial charge on any atom is -0.494 e. The Bertz CT molecular complexity index is 671. The van der Waals surface area contributed by atoms with Crippen LogP contribution in [0.25, 0.3) is 0 Å². The van der Waals surface area contributed by atoms with Gasteiger partial charge in [0.25, 0.3) is 5.91 Å². The third-order valence-corrected chi connectivity index (χ3v) is 6.25. The van der Waals surface area contributed by atoms with Crippen molar-refractivity contribution in [2.75, 3.05) is 19.7 Å². The van der Waals surface area contributed by atoms with Gasteiger partial charge in [-0.05, 0) is 61.8 Å². The zero-order chi connectivity index (χ0) is 20.1. The van der Waals surface area contributed by atoms with Crippen molar-refractivity contribution >= 4 is 11.8 Å². The predicted octanol–water partition coefficient (Wildman–Crippen LogP) is 3.88. The molecule has 0 aromatic heterocycles. The van der Waals surface area contributed by atoms with Crippen LogP contribution >= 0.6 is 0 Å². The van der Waals surface area contributed by atoms with Crippen molar-refractivity contribution < 1.29 is 14.3 Å². The first kappa shape index (κ1) is 20.7. The lowest BCUT2D eigenvalue weighted by Gasteiger charge is -2.42. The predicted molar refractivity (Wildman–Crippen MR) is 110 cm³/mol. The summed E-state index contributed by atoms with van der Waals surface area (Å²) < 4.78 is 5.43. The Morgan fingerprint density at radius 2 is 1.79 bits per heavy atom. The van der Waals surface area contributed by atoms with Crippen LogP contribution in [0.4, 0.5) is 0 Å². The molecule has 2 amide bonds. The van der Waals surface area contributed by atoms with E-state index < -0.39 is 6.04 Å². The Morgan fingerprint density at radius 1 is 1.11 bits per heavy atom. The number of likely N-dealkylation sites (tertiary alicyclic amines) is 1. The van der Waals surface area contributed by atoms with Gasteiger partial charge in [-0.1, -0.05) is 33.1 Å². The molecule has 1 aliphatic heterocycles. The van der Waals surface area contributed by atoms with Gasteiger partial charge in [0.2, 0.25) is 5.91 Å². The number of nitrogens with one attached hydrogen (secondary N) is 1. The summed E-state index contributed by atoms with van der Waals surface area (Å²) in [6.45, 7) is 8.18. The van der Waals surface area contributed by atoms with Gasteiger partial charge < -0.3 is 15.0 Å². The van der Waals surface area contributed by atoms with Crippen LogP contribution in [-0.2, 0) is 4.79 Å². The Morgan fingerprint density at radius 3 is 2.43 bits per heavy atom. The minimum absolute atomic E-state index is 0.0447. The fraction of sp³-hybridized carbons (Fsp3) is 0.652. The quantitative estimate of drug-likeness (QED) is 0.807. The van der Waals surface area contributed by atoms with Crippen molar-refractivity contribution in [2.45, 2.75) is 58.9 Å². The van der Waals surface area contributed by atoms with Gasteiger partial charge in [0.15, 0.2) is 0 Å². The largest absolute Gasteiger partial charge is 0.494 e. The molecular weight excluding hydrogens is 352 g/mol. The molecule has 0 radical (unpaired) electrons. The highest BCUT2D eigenvalue weighted by Crippen LogP contribution is 2.36. The number of hydrogen-bond donors (Lipinski definition) is 1. The summed E-state index contributed by atoms with van der Waals surface area (Å²) >= 11 is 0. The van der Waals surface area contributed by atoms with E-state index in [1.165, 1.54) is 25.7 Å². The molecule has 154 valence electrons. The van der Waals surface area contributed by atoms with Crippen LogP contribution in [0.1, 0.15) is 63.2 Å². The third-order valence-electron chi connectivity index (χ3n) is 6.25. The molecule has 3 rings (SSSR count). The maximum Gasteiger partial charge on any atom is 0.251 e. The summed E-state index contributed by atoms with van der Waals surface area (Å²) in [7, 11) is 0. The standard InChI is InChI=1S/C23H34N2O3/c1-4-28-20-11-9-18(10-12-20)22(26)24-21(16(2)3)23(27)25-14-13-17-7-5-6-8-19(17)15-25/h9-12,16-17,19,21H,4-8,13-15H2,1-3H3,(H,24,26)/t17-,19-,21+/m1/s1. The molecule has 28 heavy (non-hydrogen) atoms. The van der Waals surface area contributed by atoms with Gasteiger partial charge in [-0.25, -0.2) is 0 Å². The second-order valence-corrected chi connectivity index (χ2v) is 8.53. The zero-order valence-corrected chi connectivity index (χ0v) is 17.4. The number of piperidine rings is 1. The highest BCUT2D eigenvalue weighted by atomic mass is 16.5. The summed E-state index contributed by atoms with van der Waals surface area (Å²) in [6.07, 6.45) is 6.27. The number of benzene rings is 1. The van der Waals surface area contributed by atoms with Gasteiger partial charge in [-0.2, -0.15) is 0 Å². The van der Waals surface area contributed by atoms with Gasteiger partial charge in [0.1, 0.15) is 11.8 Å². The zero-order valence-electron chi connectivity index (χ0n) is 17.4. The van der Waals surface area contributed by atoms with Crippen molar-refractivity contribution in [1.29, 1.82) is 0 Å². The van der Waals surface area contributed by atoms with Crippen LogP contribution in [0.15, 0.2) is 24.3 Å². The first-order chi connectivity index (χ1) is 13.5. The number of amides is 2. The highest BCUT2D eigenvalue weighted by Gasteiger charge is 2.36. The molecule has 1 N–H and O–H groups in total. The smallest absolute Gasteiger partial charge is 0.251 e. The molecule has 2 aliphatic rings. The third kappa shape index (κ3) is 4.86. The molecule has 1 saturated heterocycles. The number of fused-ring (bicyclic) bond motifs is 1.